The van der Waals surface area contributed by atoms with E-state index in [9.17, 15) is 15.2 Å². The van der Waals surface area contributed by atoms with Crippen LogP contribution in [0.3, 0.4) is 0 Å². The summed E-state index contributed by atoms with van der Waals surface area (Å²) in [7, 11) is 0. The first-order valence-electron chi connectivity index (χ1n) is 5.53. The lowest BCUT2D eigenvalue weighted by Crippen LogP contribution is -2.52. The molecule has 0 aliphatic carbocycles. The Morgan fingerprint density at radius 1 is 1.53 bits per heavy atom. The summed E-state index contributed by atoms with van der Waals surface area (Å²) in [6.45, 7) is 6.87. The Hall–Kier alpha value is -1.63. The minimum absolute atomic E-state index is 0.144. The molecule has 0 spiro atoms. The molecule has 1 unspecified atom stereocenters. The van der Waals surface area contributed by atoms with Gasteiger partial charge in [0, 0.05) is 19.1 Å². The third-order valence-electron chi connectivity index (χ3n) is 3.62. The van der Waals surface area contributed by atoms with Gasteiger partial charge in [0.05, 0.1) is 4.92 Å². The molecule has 2 aliphatic heterocycles. The standard InChI is InChI=1S/C10H16N4O3/c1-6(2)12-4-5-13-9(11)7(14(16)17)8(15)10(12,13)3/h6,11,15H,4-5H2,1-3H3. The van der Waals surface area contributed by atoms with Crippen molar-refractivity contribution >= 4 is 5.84 Å². The summed E-state index contributed by atoms with van der Waals surface area (Å²) in [5, 5.41) is 28.8. The van der Waals surface area contributed by atoms with E-state index in [2.05, 4.69) is 0 Å². The van der Waals surface area contributed by atoms with E-state index < -0.39 is 16.3 Å². The first-order valence-corrected chi connectivity index (χ1v) is 5.53. The molecule has 0 radical (unpaired) electrons. The molecule has 94 valence electrons. The van der Waals surface area contributed by atoms with Crippen molar-refractivity contribution < 1.29 is 10.0 Å². The average Bonchev–Trinajstić information content (AvgIpc) is 2.63. The van der Waals surface area contributed by atoms with Crippen LogP contribution in [0.5, 0.6) is 0 Å². The van der Waals surface area contributed by atoms with E-state index in [1.807, 2.05) is 18.7 Å². The van der Waals surface area contributed by atoms with Crippen molar-refractivity contribution in [2.24, 2.45) is 0 Å². The van der Waals surface area contributed by atoms with Gasteiger partial charge in [-0.25, -0.2) is 0 Å². The van der Waals surface area contributed by atoms with E-state index in [-0.39, 0.29) is 17.6 Å². The summed E-state index contributed by atoms with van der Waals surface area (Å²) < 4.78 is 0. The minimum atomic E-state index is -0.937. The number of hydrogen-bond acceptors (Lipinski definition) is 5. The third kappa shape index (κ3) is 1.28. The Bertz CT molecular complexity index is 431. The molecule has 17 heavy (non-hydrogen) atoms. The van der Waals surface area contributed by atoms with Crippen molar-refractivity contribution in [3.63, 3.8) is 0 Å². The second-order valence-electron chi connectivity index (χ2n) is 4.76. The maximum Gasteiger partial charge on any atom is 0.351 e. The predicted molar refractivity (Wildman–Crippen MR) is 61.3 cm³/mol. The second-order valence-corrected chi connectivity index (χ2v) is 4.76. The summed E-state index contributed by atoms with van der Waals surface area (Å²) in [5.74, 6) is -0.517. The lowest BCUT2D eigenvalue weighted by molar-refractivity contribution is -0.418. The van der Waals surface area contributed by atoms with Crippen LogP contribution in [-0.2, 0) is 0 Å². The SMILES string of the molecule is CC(C)N1CCN2C(=N)C([N+](=O)[O-])=C(O)C21C. The molecular formula is C10H16N4O3. The Morgan fingerprint density at radius 3 is 2.59 bits per heavy atom. The molecule has 0 bridgehead atoms. The fourth-order valence-electron chi connectivity index (χ4n) is 2.79. The normalized spacial score (nSPS) is 29.4. The molecule has 1 atom stereocenters. The van der Waals surface area contributed by atoms with Gasteiger partial charge in [-0.3, -0.25) is 20.4 Å². The van der Waals surface area contributed by atoms with Gasteiger partial charge in [0.25, 0.3) is 0 Å². The van der Waals surface area contributed by atoms with Crippen molar-refractivity contribution in [3.05, 3.63) is 21.6 Å². The number of nitro groups is 1. The van der Waals surface area contributed by atoms with Crippen molar-refractivity contribution in [1.82, 2.24) is 9.80 Å². The first kappa shape index (κ1) is 11.8. The van der Waals surface area contributed by atoms with Crippen LogP contribution in [-0.4, -0.2) is 50.5 Å². The zero-order chi connectivity index (χ0) is 13.0. The molecule has 2 aliphatic rings. The molecule has 2 heterocycles. The molecule has 2 rings (SSSR count). The van der Waals surface area contributed by atoms with Gasteiger partial charge in [0.15, 0.2) is 5.66 Å². The number of nitrogens with zero attached hydrogens (tertiary/aromatic N) is 3. The molecule has 7 heteroatoms. The number of aliphatic hydroxyl groups is 1. The fraction of sp³-hybridized carbons (Fsp3) is 0.700. The largest absolute Gasteiger partial charge is 0.503 e. The molecule has 7 nitrogen and oxygen atoms in total. The van der Waals surface area contributed by atoms with Crippen molar-refractivity contribution in [2.45, 2.75) is 32.5 Å². The number of aliphatic hydroxyl groups excluding tert-OH is 1. The van der Waals surface area contributed by atoms with Crippen LogP contribution in [0, 0.1) is 15.5 Å². The summed E-state index contributed by atoms with van der Waals surface area (Å²) >= 11 is 0. The maximum absolute atomic E-state index is 10.9. The van der Waals surface area contributed by atoms with E-state index in [1.165, 1.54) is 0 Å². The van der Waals surface area contributed by atoms with Crippen LogP contribution in [0.15, 0.2) is 11.5 Å². The topological polar surface area (TPSA) is 93.7 Å². The van der Waals surface area contributed by atoms with Gasteiger partial charge in [-0.15, -0.1) is 0 Å². The molecule has 1 saturated heterocycles. The average molecular weight is 240 g/mol. The lowest BCUT2D eigenvalue weighted by atomic mass is 10.1. The van der Waals surface area contributed by atoms with Gasteiger partial charge in [0.2, 0.25) is 11.6 Å². The van der Waals surface area contributed by atoms with Gasteiger partial charge in [-0.1, -0.05) is 0 Å². The number of fused-ring (bicyclic) bond motifs is 1. The summed E-state index contributed by atoms with van der Waals surface area (Å²) in [4.78, 5) is 13.7. The molecule has 2 N–H and O–H groups in total. The summed E-state index contributed by atoms with van der Waals surface area (Å²) in [6.07, 6.45) is 0. The fourth-order valence-corrected chi connectivity index (χ4v) is 2.79. The highest BCUT2D eigenvalue weighted by atomic mass is 16.6. The number of rotatable bonds is 2. The van der Waals surface area contributed by atoms with Crippen molar-refractivity contribution in [2.75, 3.05) is 13.1 Å². The van der Waals surface area contributed by atoms with E-state index in [1.54, 1.807) is 11.8 Å². The van der Waals surface area contributed by atoms with E-state index >= 15 is 0 Å². The van der Waals surface area contributed by atoms with Crippen LogP contribution in [0.25, 0.3) is 0 Å². The molecule has 0 aromatic rings. The van der Waals surface area contributed by atoms with Crippen LogP contribution in [0.4, 0.5) is 0 Å². The molecule has 0 amide bonds. The van der Waals surface area contributed by atoms with Gasteiger partial charge in [0.1, 0.15) is 0 Å². The Morgan fingerprint density at radius 2 is 2.12 bits per heavy atom. The van der Waals surface area contributed by atoms with E-state index in [4.69, 9.17) is 5.41 Å². The predicted octanol–water partition coefficient (Wildman–Crippen LogP) is 0.766. The van der Waals surface area contributed by atoms with Crippen LogP contribution in [0.2, 0.25) is 0 Å². The smallest absolute Gasteiger partial charge is 0.351 e. The lowest BCUT2D eigenvalue weighted by Gasteiger charge is -2.37. The second kappa shape index (κ2) is 3.43. The third-order valence-corrected chi connectivity index (χ3v) is 3.62. The first-order chi connectivity index (χ1) is 7.81. The van der Waals surface area contributed by atoms with Gasteiger partial charge in [-0.2, -0.15) is 0 Å². The summed E-state index contributed by atoms with van der Waals surface area (Å²) in [5.41, 5.74) is -1.41. The van der Waals surface area contributed by atoms with E-state index in [0.29, 0.717) is 13.1 Å². The summed E-state index contributed by atoms with van der Waals surface area (Å²) in [6, 6.07) is 0.144. The monoisotopic (exact) mass is 240 g/mol. The van der Waals surface area contributed by atoms with Gasteiger partial charge in [-0.05, 0) is 20.8 Å². The maximum atomic E-state index is 10.9. The Balaban J connectivity index is 2.53. The Labute approximate surface area is 99.0 Å². The van der Waals surface area contributed by atoms with Crippen LogP contribution >= 0.6 is 0 Å². The Kier molecular flexibility index (Phi) is 2.39. The number of amidine groups is 1. The molecular weight excluding hydrogens is 224 g/mol. The van der Waals surface area contributed by atoms with Crippen LogP contribution in [0.1, 0.15) is 20.8 Å². The zero-order valence-electron chi connectivity index (χ0n) is 10.1. The van der Waals surface area contributed by atoms with E-state index in [0.717, 1.165) is 0 Å². The highest BCUT2D eigenvalue weighted by Crippen LogP contribution is 2.41. The van der Waals surface area contributed by atoms with Gasteiger partial charge < -0.3 is 10.0 Å². The highest BCUT2D eigenvalue weighted by Gasteiger charge is 2.59. The minimum Gasteiger partial charge on any atom is -0.503 e. The zero-order valence-corrected chi connectivity index (χ0v) is 10.1. The van der Waals surface area contributed by atoms with Gasteiger partial charge >= 0.3 is 5.70 Å². The molecule has 0 aromatic heterocycles. The number of nitrogens with one attached hydrogen (secondary N) is 1. The molecule has 0 aromatic carbocycles. The van der Waals surface area contributed by atoms with Crippen molar-refractivity contribution in [1.29, 1.82) is 5.41 Å². The molecule has 1 fully saturated rings. The van der Waals surface area contributed by atoms with Crippen molar-refractivity contribution in [3.8, 4) is 0 Å². The molecule has 0 saturated carbocycles. The van der Waals surface area contributed by atoms with Crippen LogP contribution < -0.4 is 0 Å². The quantitative estimate of drug-likeness (QED) is 0.549. The highest BCUT2D eigenvalue weighted by molar-refractivity contribution is 5.98. The number of hydrogen-bond donors (Lipinski definition) is 2.